The van der Waals surface area contributed by atoms with Crippen molar-refractivity contribution in [1.29, 1.82) is 0 Å². The molecule has 1 fully saturated rings. The summed E-state index contributed by atoms with van der Waals surface area (Å²) in [5.74, 6) is -0.534. The molecule has 3 heterocycles. The Labute approximate surface area is 216 Å². The van der Waals surface area contributed by atoms with Gasteiger partial charge in [0.2, 0.25) is 6.79 Å². The molecular weight excluding hydrogens is 494 g/mol. The van der Waals surface area contributed by atoms with Gasteiger partial charge >= 0.3 is 6.03 Å². The average molecular weight is 514 g/mol. The van der Waals surface area contributed by atoms with E-state index in [-0.39, 0.29) is 18.1 Å². The van der Waals surface area contributed by atoms with Crippen LogP contribution in [0.15, 0.2) is 72.3 Å². The second-order valence-electron chi connectivity index (χ2n) is 8.72. The quantitative estimate of drug-likeness (QED) is 0.305. The Morgan fingerprint density at radius 3 is 2.54 bits per heavy atom. The molecular formula is C28H20ClN3O5. The Kier molecular flexibility index (Phi) is 5.46. The Morgan fingerprint density at radius 2 is 1.73 bits per heavy atom. The van der Waals surface area contributed by atoms with Crippen molar-refractivity contribution >= 4 is 52.1 Å². The fourth-order valence-corrected chi connectivity index (χ4v) is 4.80. The second-order valence-corrected chi connectivity index (χ2v) is 9.16. The third-order valence-corrected chi connectivity index (χ3v) is 6.79. The molecule has 2 aliphatic rings. The van der Waals surface area contributed by atoms with Gasteiger partial charge in [0.15, 0.2) is 11.5 Å². The van der Waals surface area contributed by atoms with E-state index in [9.17, 15) is 14.4 Å². The van der Waals surface area contributed by atoms with Crippen LogP contribution < -0.4 is 19.7 Å². The van der Waals surface area contributed by atoms with E-state index in [0.29, 0.717) is 23.1 Å². The molecule has 0 atom stereocenters. The predicted molar refractivity (Wildman–Crippen MR) is 139 cm³/mol. The van der Waals surface area contributed by atoms with Crippen LogP contribution in [0.3, 0.4) is 0 Å². The Morgan fingerprint density at radius 1 is 0.973 bits per heavy atom. The molecule has 8 nitrogen and oxygen atoms in total. The number of amides is 4. The minimum Gasteiger partial charge on any atom is -0.454 e. The number of halogens is 1. The maximum atomic E-state index is 13.5. The zero-order valence-corrected chi connectivity index (χ0v) is 20.4. The first-order valence-corrected chi connectivity index (χ1v) is 11.9. The van der Waals surface area contributed by atoms with E-state index >= 15 is 0 Å². The van der Waals surface area contributed by atoms with Crippen LogP contribution in [-0.4, -0.2) is 29.2 Å². The van der Waals surface area contributed by atoms with E-state index in [2.05, 4.69) is 9.88 Å². The first-order chi connectivity index (χ1) is 17.9. The number of ether oxygens (including phenoxy) is 2. The van der Waals surface area contributed by atoms with Gasteiger partial charge in [-0.25, -0.2) is 9.69 Å². The number of fused-ring (bicyclic) bond motifs is 2. The average Bonchev–Trinajstić information content (AvgIpc) is 3.45. The van der Waals surface area contributed by atoms with Gasteiger partial charge in [0.05, 0.1) is 5.69 Å². The van der Waals surface area contributed by atoms with Crippen molar-refractivity contribution < 1.29 is 23.9 Å². The van der Waals surface area contributed by atoms with Gasteiger partial charge in [0.1, 0.15) is 5.57 Å². The van der Waals surface area contributed by atoms with Crippen molar-refractivity contribution in [2.24, 2.45) is 0 Å². The van der Waals surface area contributed by atoms with Crippen LogP contribution in [0.4, 0.5) is 10.5 Å². The molecule has 184 valence electrons. The molecule has 0 aliphatic carbocycles. The number of nitrogens with one attached hydrogen (secondary N) is 1. The number of para-hydroxylation sites is 1. The van der Waals surface area contributed by atoms with Crippen molar-refractivity contribution in [3.63, 3.8) is 0 Å². The van der Waals surface area contributed by atoms with E-state index in [4.69, 9.17) is 21.1 Å². The molecule has 9 heteroatoms. The summed E-state index contributed by atoms with van der Waals surface area (Å²) in [5.41, 5.74) is 3.73. The number of benzene rings is 3. The second kappa shape index (κ2) is 8.83. The van der Waals surface area contributed by atoms with Gasteiger partial charge in [-0.3, -0.25) is 14.9 Å². The Balaban J connectivity index is 1.43. The minimum atomic E-state index is -0.826. The molecule has 37 heavy (non-hydrogen) atoms. The van der Waals surface area contributed by atoms with Gasteiger partial charge in [-0.15, -0.1) is 0 Å². The molecule has 0 unspecified atom stereocenters. The van der Waals surface area contributed by atoms with E-state index < -0.39 is 17.8 Å². The number of barbiturate groups is 1. The van der Waals surface area contributed by atoms with Crippen molar-refractivity contribution in [3.05, 3.63) is 94.1 Å². The number of hydrogen-bond donors (Lipinski definition) is 1. The lowest BCUT2D eigenvalue weighted by molar-refractivity contribution is -0.122. The van der Waals surface area contributed by atoms with Gasteiger partial charge in [0, 0.05) is 39.8 Å². The van der Waals surface area contributed by atoms with Crippen molar-refractivity contribution in [1.82, 2.24) is 9.88 Å². The number of imide groups is 2. The first-order valence-electron chi connectivity index (χ1n) is 11.5. The summed E-state index contributed by atoms with van der Waals surface area (Å²) >= 11 is 6.05. The molecule has 4 amide bonds. The van der Waals surface area contributed by atoms with E-state index in [1.54, 1.807) is 18.2 Å². The number of carbonyl (C=O) groups is 3. The maximum absolute atomic E-state index is 13.5. The van der Waals surface area contributed by atoms with E-state index in [1.807, 2.05) is 55.5 Å². The van der Waals surface area contributed by atoms with Crippen LogP contribution in [0.5, 0.6) is 11.5 Å². The molecule has 3 aromatic carbocycles. The fraction of sp³-hybridized carbons (Fsp3) is 0.107. The van der Waals surface area contributed by atoms with E-state index in [0.717, 1.165) is 32.6 Å². The van der Waals surface area contributed by atoms with Crippen LogP contribution in [0, 0.1) is 6.92 Å². The standard InChI is InChI=1S/C28H20ClN3O5/c1-16-21(20-4-2-3-5-23(20)31(16)14-17-6-8-18(29)9-7-17)13-22-26(33)30-28(35)32(27(22)34)19-10-11-24-25(12-19)37-15-36-24/h2-13H,14-15H2,1H3,(H,30,33,35)/b22-13+. The Hall–Kier alpha value is -4.56. The van der Waals surface area contributed by atoms with Crippen molar-refractivity contribution in [3.8, 4) is 11.5 Å². The molecule has 0 bridgehead atoms. The van der Waals surface area contributed by atoms with Crippen LogP contribution in [0.1, 0.15) is 16.8 Å². The summed E-state index contributed by atoms with van der Waals surface area (Å²) in [5, 5.41) is 3.83. The van der Waals surface area contributed by atoms with Gasteiger partial charge in [-0.2, -0.15) is 0 Å². The molecule has 6 rings (SSSR count). The Bertz CT molecular complexity index is 1640. The summed E-state index contributed by atoms with van der Waals surface area (Å²) in [6.07, 6.45) is 1.56. The van der Waals surface area contributed by atoms with Gasteiger partial charge in [-0.1, -0.05) is 41.9 Å². The molecule has 2 aliphatic heterocycles. The van der Waals surface area contributed by atoms with Gasteiger partial charge in [0.25, 0.3) is 11.8 Å². The SMILES string of the molecule is Cc1c(/C=C2\C(=O)NC(=O)N(c3ccc4c(c3)OCO4)C2=O)c2ccccc2n1Cc1ccc(Cl)cc1. The lowest BCUT2D eigenvalue weighted by Gasteiger charge is -2.26. The lowest BCUT2D eigenvalue weighted by atomic mass is 10.0. The van der Waals surface area contributed by atoms with Crippen molar-refractivity contribution in [2.45, 2.75) is 13.5 Å². The fourth-order valence-electron chi connectivity index (χ4n) is 4.68. The van der Waals surface area contributed by atoms with Crippen LogP contribution in [0.25, 0.3) is 17.0 Å². The summed E-state index contributed by atoms with van der Waals surface area (Å²) in [6.45, 7) is 2.57. The molecule has 0 saturated carbocycles. The molecule has 0 spiro atoms. The highest BCUT2D eigenvalue weighted by atomic mass is 35.5. The minimum absolute atomic E-state index is 0.0575. The van der Waals surface area contributed by atoms with Gasteiger partial charge < -0.3 is 14.0 Å². The number of hydrogen-bond acceptors (Lipinski definition) is 5. The summed E-state index contributed by atoms with van der Waals surface area (Å²) < 4.78 is 12.8. The number of carbonyl (C=O) groups excluding carboxylic acids is 3. The van der Waals surface area contributed by atoms with Crippen LogP contribution >= 0.6 is 11.6 Å². The summed E-state index contributed by atoms with van der Waals surface area (Å²) in [7, 11) is 0. The lowest BCUT2D eigenvalue weighted by Crippen LogP contribution is -2.54. The van der Waals surface area contributed by atoms with Crippen LogP contribution in [0.2, 0.25) is 5.02 Å². The normalized spacial score (nSPS) is 16.1. The smallest absolute Gasteiger partial charge is 0.335 e. The number of aromatic nitrogens is 1. The molecule has 1 N–H and O–H groups in total. The van der Waals surface area contributed by atoms with Crippen LogP contribution in [-0.2, 0) is 16.1 Å². The number of nitrogens with zero attached hydrogens (tertiary/aromatic N) is 2. The topological polar surface area (TPSA) is 89.9 Å². The van der Waals surface area contributed by atoms with Crippen molar-refractivity contribution in [2.75, 3.05) is 11.7 Å². The largest absolute Gasteiger partial charge is 0.454 e. The van der Waals surface area contributed by atoms with Gasteiger partial charge in [-0.05, 0) is 48.9 Å². The highest BCUT2D eigenvalue weighted by molar-refractivity contribution is 6.39. The summed E-state index contributed by atoms with van der Waals surface area (Å²) in [4.78, 5) is 40.0. The van der Waals surface area contributed by atoms with E-state index in [1.165, 1.54) is 6.07 Å². The number of urea groups is 1. The third-order valence-electron chi connectivity index (χ3n) is 6.54. The highest BCUT2D eigenvalue weighted by Crippen LogP contribution is 2.37. The predicted octanol–water partition coefficient (Wildman–Crippen LogP) is 5.05. The zero-order valence-electron chi connectivity index (χ0n) is 19.7. The molecule has 1 aromatic heterocycles. The summed E-state index contributed by atoms with van der Waals surface area (Å²) in [6, 6.07) is 19.3. The third kappa shape index (κ3) is 3.91. The maximum Gasteiger partial charge on any atom is 0.335 e. The molecule has 0 radical (unpaired) electrons. The number of anilines is 1. The first kappa shape index (κ1) is 22.9. The highest BCUT2D eigenvalue weighted by Gasteiger charge is 2.37. The molecule has 4 aromatic rings. The number of rotatable bonds is 4. The zero-order chi connectivity index (χ0) is 25.7. The molecule has 1 saturated heterocycles. The monoisotopic (exact) mass is 513 g/mol.